The minimum atomic E-state index is -0.743. The van der Waals surface area contributed by atoms with Crippen molar-refractivity contribution in [2.45, 2.75) is 26.8 Å². The van der Waals surface area contributed by atoms with Crippen molar-refractivity contribution in [3.05, 3.63) is 57.3 Å². The fourth-order valence-corrected chi connectivity index (χ4v) is 4.32. The van der Waals surface area contributed by atoms with Crippen LogP contribution in [-0.4, -0.2) is 65.5 Å². The third kappa shape index (κ3) is 4.85. The fraction of sp³-hybridized carbons (Fsp3) is 0.370. The Balaban J connectivity index is 1.93. The second-order valence-electron chi connectivity index (χ2n) is 9.26. The highest BCUT2D eigenvalue weighted by Crippen LogP contribution is 2.43. The lowest BCUT2D eigenvalue weighted by atomic mass is 9.97. The van der Waals surface area contributed by atoms with Crippen molar-refractivity contribution < 1.29 is 24.5 Å². The summed E-state index contributed by atoms with van der Waals surface area (Å²) in [6, 6.07) is 6.72. The Hall–Kier alpha value is -3.49. The molecule has 3 N–H and O–H groups in total. The van der Waals surface area contributed by atoms with Gasteiger partial charge in [-0.25, -0.2) is 0 Å². The van der Waals surface area contributed by atoms with Gasteiger partial charge in [0.05, 0.1) is 12.7 Å². The Morgan fingerprint density at radius 1 is 1.00 bits per heavy atom. The van der Waals surface area contributed by atoms with E-state index in [0.29, 0.717) is 23.3 Å². The summed E-state index contributed by atoms with van der Waals surface area (Å²) in [5.41, 5.74) is 1.48. The number of hydrogen-bond donors (Lipinski definition) is 3. The van der Waals surface area contributed by atoms with Gasteiger partial charge in [-0.3, -0.25) is 9.69 Å². The SMILES string of the molecule is COc1ccc(-c2oc3c(CC=C(C)C)c(O)c(CN4CCN(C)CC4)c(O)c3c(=O)c2O)cc1. The molecule has 0 spiro atoms. The quantitative estimate of drug-likeness (QED) is 0.457. The summed E-state index contributed by atoms with van der Waals surface area (Å²) in [7, 11) is 3.59. The first-order valence-corrected chi connectivity index (χ1v) is 11.6. The van der Waals surface area contributed by atoms with Crippen molar-refractivity contribution in [3.8, 4) is 34.3 Å². The van der Waals surface area contributed by atoms with Gasteiger partial charge in [0.15, 0.2) is 5.76 Å². The van der Waals surface area contributed by atoms with E-state index in [2.05, 4.69) is 9.80 Å². The van der Waals surface area contributed by atoms with Crippen LogP contribution in [0.5, 0.6) is 23.0 Å². The van der Waals surface area contributed by atoms with Crippen LogP contribution in [0.15, 0.2) is 45.1 Å². The van der Waals surface area contributed by atoms with Crippen molar-refractivity contribution in [3.63, 3.8) is 0 Å². The number of hydrogen-bond acceptors (Lipinski definition) is 8. The lowest BCUT2D eigenvalue weighted by molar-refractivity contribution is 0.146. The van der Waals surface area contributed by atoms with Crippen molar-refractivity contribution >= 4 is 11.0 Å². The largest absolute Gasteiger partial charge is 0.507 e. The summed E-state index contributed by atoms with van der Waals surface area (Å²) < 4.78 is 11.2. The van der Waals surface area contributed by atoms with Crippen LogP contribution >= 0.6 is 0 Å². The number of aromatic hydroxyl groups is 3. The number of ether oxygens (including phenoxy) is 1. The van der Waals surface area contributed by atoms with E-state index in [1.54, 1.807) is 31.4 Å². The van der Waals surface area contributed by atoms with E-state index in [4.69, 9.17) is 9.15 Å². The molecule has 1 aromatic heterocycles. The number of piperazine rings is 1. The van der Waals surface area contributed by atoms with Gasteiger partial charge in [-0.1, -0.05) is 11.6 Å². The average molecular weight is 481 g/mol. The van der Waals surface area contributed by atoms with E-state index in [1.165, 1.54) is 0 Å². The van der Waals surface area contributed by atoms with Gasteiger partial charge in [-0.05, 0) is 51.6 Å². The number of methoxy groups -OCH3 is 1. The summed E-state index contributed by atoms with van der Waals surface area (Å²) in [4.78, 5) is 17.7. The number of rotatable bonds is 6. The molecule has 0 amide bonds. The Morgan fingerprint density at radius 2 is 1.66 bits per heavy atom. The fourth-order valence-electron chi connectivity index (χ4n) is 4.32. The molecule has 3 aromatic rings. The third-order valence-electron chi connectivity index (χ3n) is 6.50. The Morgan fingerprint density at radius 3 is 2.26 bits per heavy atom. The van der Waals surface area contributed by atoms with Gasteiger partial charge in [0.2, 0.25) is 11.2 Å². The van der Waals surface area contributed by atoms with Crippen LogP contribution in [0.25, 0.3) is 22.3 Å². The van der Waals surface area contributed by atoms with E-state index in [-0.39, 0.29) is 40.3 Å². The number of phenolic OH excluding ortho intramolecular Hbond substituents is 2. The van der Waals surface area contributed by atoms with Crippen LogP contribution in [0.3, 0.4) is 0 Å². The number of benzene rings is 2. The molecule has 1 aliphatic heterocycles. The second kappa shape index (κ2) is 10.0. The normalized spacial score (nSPS) is 14.9. The molecule has 0 radical (unpaired) electrons. The summed E-state index contributed by atoms with van der Waals surface area (Å²) in [6.45, 7) is 7.44. The average Bonchev–Trinajstić information content (AvgIpc) is 2.84. The second-order valence-corrected chi connectivity index (χ2v) is 9.26. The summed E-state index contributed by atoms with van der Waals surface area (Å²) in [6.07, 6.45) is 2.22. The number of phenols is 2. The van der Waals surface area contributed by atoms with Gasteiger partial charge in [-0.15, -0.1) is 0 Å². The van der Waals surface area contributed by atoms with Crippen LogP contribution in [0.1, 0.15) is 25.0 Å². The highest BCUT2D eigenvalue weighted by Gasteiger charge is 2.27. The number of fused-ring (bicyclic) bond motifs is 1. The van der Waals surface area contributed by atoms with Crippen LogP contribution in [-0.2, 0) is 13.0 Å². The predicted molar refractivity (Wildman–Crippen MR) is 135 cm³/mol. The molecule has 1 saturated heterocycles. The van der Waals surface area contributed by atoms with Gasteiger partial charge in [0.1, 0.15) is 28.2 Å². The molecule has 35 heavy (non-hydrogen) atoms. The molecule has 186 valence electrons. The number of allylic oxidation sites excluding steroid dienone is 2. The minimum Gasteiger partial charge on any atom is -0.507 e. The van der Waals surface area contributed by atoms with Crippen molar-refractivity contribution in [1.29, 1.82) is 0 Å². The maximum absolute atomic E-state index is 13.3. The first-order chi connectivity index (χ1) is 16.7. The molecule has 1 fully saturated rings. The van der Waals surface area contributed by atoms with Crippen LogP contribution in [0.2, 0.25) is 0 Å². The predicted octanol–water partition coefficient (Wildman–Crippen LogP) is 3.84. The van der Waals surface area contributed by atoms with Gasteiger partial charge in [-0.2, -0.15) is 0 Å². The van der Waals surface area contributed by atoms with Gasteiger partial charge in [0.25, 0.3) is 0 Å². The smallest absolute Gasteiger partial charge is 0.238 e. The molecule has 0 unspecified atom stereocenters. The zero-order valence-electron chi connectivity index (χ0n) is 20.6. The summed E-state index contributed by atoms with van der Waals surface area (Å²) in [5, 5.41) is 33.1. The molecule has 0 aliphatic carbocycles. The molecular weight excluding hydrogens is 448 g/mol. The van der Waals surface area contributed by atoms with E-state index in [9.17, 15) is 20.1 Å². The molecule has 0 atom stereocenters. The highest BCUT2D eigenvalue weighted by atomic mass is 16.5. The van der Waals surface area contributed by atoms with Crippen molar-refractivity contribution in [1.82, 2.24) is 9.80 Å². The van der Waals surface area contributed by atoms with E-state index < -0.39 is 11.2 Å². The molecule has 0 bridgehead atoms. The summed E-state index contributed by atoms with van der Waals surface area (Å²) >= 11 is 0. The standard InChI is InChI=1S/C27H32N2O6/c1-16(2)5-10-19-22(30)20(15-29-13-11-28(3)12-14-29)23(31)21-24(32)25(33)26(35-27(19)21)17-6-8-18(34-4)9-7-17/h5-9,30-31,33H,10-15H2,1-4H3. The van der Waals surface area contributed by atoms with Crippen molar-refractivity contribution in [2.75, 3.05) is 40.3 Å². The maximum Gasteiger partial charge on any atom is 0.238 e. The molecular formula is C27H32N2O6. The van der Waals surface area contributed by atoms with Crippen LogP contribution in [0.4, 0.5) is 0 Å². The first kappa shape index (κ1) is 24.6. The van der Waals surface area contributed by atoms with E-state index >= 15 is 0 Å². The number of nitrogens with zero attached hydrogens (tertiary/aromatic N) is 2. The molecule has 8 nitrogen and oxygen atoms in total. The monoisotopic (exact) mass is 480 g/mol. The third-order valence-corrected chi connectivity index (χ3v) is 6.50. The van der Waals surface area contributed by atoms with Crippen LogP contribution < -0.4 is 10.2 Å². The molecule has 4 rings (SSSR count). The van der Waals surface area contributed by atoms with Gasteiger partial charge >= 0.3 is 0 Å². The molecule has 2 heterocycles. The Kier molecular flexibility index (Phi) is 7.05. The lowest BCUT2D eigenvalue weighted by Crippen LogP contribution is -2.43. The van der Waals surface area contributed by atoms with Gasteiger partial charge in [0, 0.05) is 43.9 Å². The van der Waals surface area contributed by atoms with Crippen LogP contribution in [0, 0.1) is 0 Å². The highest BCUT2D eigenvalue weighted by molar-refractivity contribution is 5.92. The lowest BCUT2D eigenvalue weighted by Gasteiger charge is -2.32. The van der Waals surface area contributed by atoms with Gasteiger partial charge < -0.3 is 29.4 Å². The zero-order chi connectivity index (χ0) is 25.3. The summed E-state index contributed by atoms with van der Waals surface area (Å²) in [5.74, 6) is -0.468. The maximum atomic E-state index is 13.3. The minimum absolute atomic E-state index is 0.0331. The Bertz CT molecular complexity index is 1310. The van der Waals surface area contributed by atoms with E-state index in [1.807, 2.05) is 27.0 Å². The van der Waals surface area contributed by atoms with E-state index in [0.717, 1.165) is 31.8 Å². The molecule has 1 aliphatic rings. The first-order valence-electron chi connectivity index (χ1n) is 11.6. The topological polar surface area (TPSA) is 107 Å². The molecule has 0 saturated carbocycles. The Labute approximate surface area is 204 Å². The molecule has 2 aromatic carbocycles. The zero-order valence-corrected chi connectivity index (χ0v) is 20.6. The molecule has 8 heteroatoms. The van der Waals surface area contributed by atoms with Crippen molar-refractivity contribution in [2.24, 2.45) is 0 Å². The number of likely N-dealkylation sites (N-methyl/N-ethyl adjacent to an activating group) is 1.